The first-order chi connectivity index (χ1) is 7.70. The van der Waals surface area contributed by atoms with Crippen molar-refractivity contribution in [3.05, 3.63) is 17.5 Å². The molecule has 96 valence electrons. The van der Waals surface area contributed by atoms with Gasteiger partial charge in [-0.2, -0.15) is 0 Å². The van der Waals surface area contributed by atoms with E-state index < -0.39 is 0 Å². The Kier molecular flexibility index (Phi) is 4.55. The molecule has 0 spiro atoms. The lowest BCUT2D eigenvalue weighted by Crippen LogP contribution is -2.39. The fraction of sp³-hybridized carbons (Fsp3) is 0.692. The van der Waals surface area contributed by atoms with Gasteiger partial charge in [-0.25, -0.2) is 9.97 Å². The number of rotatable bonds is 3. The number of hydrogen-bond donors (Lipinski definition) is 1. The van der Waals surface area contributed by atoms with Gasteiger partial charge in [0, 0.05) is 22.7 Å². The van der Waals surface area contributed by atoms with Gasteiger partial charge in [0.05, 0.1) is 0 Å². The molecule has 0 saturated heterocycles. The molecule has 2 atom stereocenters. The molecule has 2 unspecified atom stereocenters. The van der Waals surface area contributed by atoms with Crippen molar-refractivity contribution in [2.75, 3.05) is 0 Å². The number of nitrogens with two attached hydrogens (primary N) is 1. The van der Waals surface area contributed by atoms with Gasteiger partial charge in [0.15, 0.2) is 5.16 Å². The van der Waals surface area contributed by atoms with E-state index in [0.717, 1.165) is 16.5 Å². The molecule has 1 rings (SSSR count). The quantitative estimate of drug-likeness (QED) is 0.664. The summed E-state index contributed by atoms with van der Waals surface area (Å²) in [5, 5.41) is 1.14. The smallest absolute Gasteiger partial charge is 0.188 e. The molecular weight excluding hydrogens is 230 g/mol. The third-order valence-electron chi connectivity index (χ3n) is 2.53. The molecule has 4 heteroatoms. The molecule has 0 bridgehead atoms. The molecule has 3 nitrogen and oxygen atoms in total. The molecule has 0 fully saturated rings. The predicted octanol–water partition coefficient (Wildman–Crippen LogP) is 2.95. The molecule has 0 aliphatic carbocycles. The second kappa shape index (κ2) is 5.36. The molecule has 0 aliphatic heterocycles. The van der Waals surface area contributed by atoms with E-state index in [9.17, 15) is 0 Å². The second-order valence-corrected chi connectivity index (χ2v) is 6.81. The fourth-order valence-electron chi connectivity index (χ4n) is 1.93. The van der Waals surface area contributed by atoms with Crippen molar-refractivity contribution in [3.63, 3.8) is 0 Å². The third kappa shape index (κ3) is 4.28. The first kappa shape index (κ1) is 14.5. The lowest BCUT2D eigenvalue weighted by molar-refractivity contribution is 0.363. The van der Waals surface area contributed by atoms with Gasteiger partial charge in [-0.05, 0) is 32.3 Å². The molecule has 1 heterocycles. The number of thioether (sulfide) groups is 1. The highest BCUT2D eigenvalue weighted by atomic mass is 32.2. The number of hydrogen-bond acceptors (Lipinski definition) is 4. The molecule has 0 saturated carbocycles. The molecule has 17 heavy (non-hydrogen) atoms. The predicted molar refractivity (Wildman–Crippen MR) is 74.3 cm³/mol. The largest absolute Gasteiger partial charge is 0.327 e. The molecule has 0 amide bonds. The van der Waals surface area contributed by atoms with Crippen LogP contribution in [0, 0.1) is 19.3 Å². The number of aryl methyl sites for hydroxylation is 2. The minimum absolute atomic E-state index is 0.115. The zero-order valence-corrected chi connectivity index (χ0v) is 12.4. The first-order valence-corrected chi connectivity index (χ1v) is 6.82. The average molecular weight is 253 g/mol. The molecule has 1 aromatic heterocycles. The van der Waals surface area contributed by atoms with E-state index in [4.69, 9.17) is 5.73 Å². The van der Waals surface area contributed by atoms with Crippen molar-refractivity contribution < 1.29 is 0 Å². The Bertz CT molecular complexity index is 362. The summed E-state index contributed by atoms with van der Waals surface area (Å²) in [6.07, 6.45) is 0. The summed E-state index contributed by atoms with van der Waals surface area (Å²) in [5.41, 5.74) is 8.23. The summed E-state index contributed by atoms with van der Waals surface area (Å²) in [7, 11) is 0. The van der Waals surface area contributed by atoms with Crippen LogP contribution in [0.1, 0.15) is 39.1 Å². The van der Waals surface area contributed by atoms with Crippen LogP contribution in [0.25, 0.3) is 0 Å². The summed E-state index contributed by atoms with van der Waals surface area (Å²) in [6, 6.07) is 2.10. The van der Waals surface area contributed by atoms with Crippen molar-refractivity contribution >= 4 is 11.8 Å². The molecule has 0 aliphatic rings. The maximum atomic E-state index is 6.07. The Balaban J connectivity index is 2.94. The van der Waals surface area contributed by atoms with Crippen LogP contribution in [0.4, 0.5) is 0 Å². The van der Waals surface area contributed by atoms with E-state index in [-0.39, 0.29) is 11.5 Å². The van der Waals surface area contributed by atoms with Gasteiger partial charge >= 0.3 is 0 Å². The van der Waals surface area contributed by atoms with Gasteiger partial charge in [0.2, 0.25) is 0 Å². The van der Waals surface area contributed by atoms with Crippen LogP contribution < -0.4 is 5.73 Å². The summed E-state index contributed by atoms with van der Waals surface area (Å²) in [4.78, 5) is 8.93. The standard InChI is InChI=1S/C13H23N3S/c1-8-7-9(2)16-12(15-8)17-11(10(3)14)13(4,5)6/h7,10-11H,14H2,1-6H3. The molecular formula is C13H23N3S. The van der Waals surface area contributed by atoms with Crippen LogP contribution in [0.3, 0.4) is 0 Å². The monoisotopic (exact) mass is 253 g/mol. The van der Waals surface area contributed by atoms with Crippen LogP contribution >= 0.6 is 11.8 Å². The highest BCUT2D eigenvalue weighted by Gasteiger charge is 2.29. The lowest BCUT2D eigenvalue weighted by atomic mass is 9.88. The molecule has 1 aromatic rings. The van der Waals surface area contributed by atoms with Crippen molar-refractivity contribution in [2.45, 2.75) is 58.0 Å². The highest BCUT2D eigenvalue weighted by molar-refractivity contribution is 7.99. The van der Waals surface area contributed by atoms with Gasteiger partial charge in [-0.15, -0.1) is 0 Å². The van der Waals surface area contributed by atoms with Crippen molar-refractivity contribution in [2.24, 2.45) is 11.1 Å². The molecule has 0 radical (unpaired) electrons. The summed E-state index contributed by atoms with van der Waals surface area (Å²) in [5.74, 6) is 0. The Morgan fingerprint density at radius 2 is 1.65 bits per heavy atom. The Labute approximate surface area is 109 Å². The zero-order chi connectivity index (χ0) is 13.2. The number of nitrogens with zero attached hydrogens (tertiary/aromatic N) is 2. The minimum atomic E-state index is 0.115. The van der Waals surface area contributed by atoms with Crippen LogP contribution in [0.2, 0.25) is 0 Å². The number of aromatic nitrogens is 2. The van der Waals surface area contributed by atoms with E-state index in [0.29, 0.717) is 5.25 Å². The minimum Gasteiger partial charge on any atom is -0.327 e. The van der Waals surface area contributed by atoms with E-state index in [1.54, 1.807) is 11.8 Å². The van der Waals surface area contributed by atoms with Crippen molar-refractivity contribution in [1.82, 2.24) is 9.97 Å². The van der Waals surface area contributed by atoms with Gasteiger partial charge in [0.1, 0.15) is 0 Å². The Morgan fingerprint density at radius 1 is 1.18 bits per heavy atom. The SMILES string of the molecule is Cc1cc(C)nc(SC(C(C)N)C(C)(C)C)n1. The Hall–Kier alpha value is -0.610. The van der Waals surface area contributed by atoms with Crippen LogP contribution in [0.15, 0.2) is 11.2 Å². The van der Waals surface area contributed by atoms with Gasteiger partial charge in [-0.1, -0.05) is 32.5 Å². The van der Waals surface area contributed by atoms with Crippen molar-refractivity contribution in [1.29, 1.82) is 0 Å². The van der Waals surface area contributed by atoms with Crippen LogP contribution in [-0.4, -0.2) is 21.3 Å². The van der Waals surface area contributed by atoms with Crippen molar-refractivity contribution in [3.8, 4) is 0 Å². The normalized spacial score (nSPS) is 15.7. The first-order valence-electron chi connectivity index (χ1n) is 5.94. The fourth-order valence-corrected chi connectivity index (χ4v) is 3.12. The van der Waals surface area contributed by atoms with Crippen LogP contribution in [-0.2, 0) is 0 Å². The highest BCUT2D eigenvalue weighted by Crippen LogP contribution is 2.35. The van der Waals surface area contributed by atoms with E-state index in [1.165, 1.54) is 0 Å². The summed E-state index contributed by atoms with van der Waals surface area (Å²) < 4.78 is 0. The maximum Gasteiger partial charge on any atom is 0.188 e. The zero-order valence-electron chi connectivity index (χ0n) is 11.6. The molecule has 0 aromatic carbocycles. The van der Waals surface area contributed by atoms with Crippen LogP contribution in [0.5, 0.6) is 0 Å². The maximum absolute atomic E-state index is 6.07. The summed E-state index contributed by atoms with van der Waals surface area (Å²) in [6.45, 7) is 12.7. The molecule has 2 N–H and O–H groups in total. The Morgan fingerprint density at radius 3 is 2.00 bits per heavy atom. The van der Waals surface area contributed by atoms with Gasteiger partial charge in [0.25, 0.3) is 0 Å². The second-order valence-electron chi connectivity index (χ2n) is 5.70. The van der Waals surface area contributed by atoms with E-state index in [2.05, 4.69) is 30.7 Å². The third-order valence-corrected chi connectivity index (χ3v) is 4.31. The topological polar surface area (TPSA) is 51.8 Å². The summed E-state index contributed by atoms with van der Waals surface area (Å²) >= 11 is 1.68. The average Bonchev–Trinajstić information content (AvgIpc) is 2.10. The van der Waals surface area contributed by atoms with E-state index >= 15 is 0 Å². The van der Waals surface area contributed by atoms with Gasteiger partial charge in [-0.3, -0.25) is 0 Å². The lowest BCUT2D eigenvalue weighted by Gasteiger charge is -2.32. The van der Waals surface area contributed by atoms with Gasteiger partial charge < -0.3 is 5.73 Å². The van der Waals surface area contributed by atoms with E-state index in [1.807, 2.05) is 26.8 Å².